The van der Waals surface area contributed by atoms with Gasteiger partial charge in [-0.15, -0.1) is 0 Å². The molecule has 4 aromatic carbocycles. The van der Waals surface area contributed by atoms with Crippen molar-refractivity contribution in [3.63, 3.8) is 0 Å². The Bertz CT molecular complexity index is 1610. The lowest BCUT2D eigenvalue weighted by Gasteiger charge is -2.36. The van der Waals surface area contributed by atoms with Gasteiger partial charge in [-0.2, -0.15) is 0 Å². The van der Waals surface area contributed by atoms with Crippen LogP contribution in [-0.4, -0.2) is 73.1 Å². The van der Waals surface area contributed by atoms with E-state index < -0.39 is 9.85 Å². The molecular formula is C37H44ClN5O6. The fourth-order valence-electron chi connectivity index (χ4n) is 5.75. The zero-order chi connectivity index (χ0) is 35.0. The molecule has 0 unspecified atom stereocenters. The Morgan fingerprint density at radius 2 is 1.08 bits per heavy atom. The van der Waals surface area contributed by atoms with Crippen molar-refractivity contribution in [1.82, 2.24) is 9.80 Å². The molecule has 0 radical (unpaired) electrons. The number of methoxy groups -OCH3 is 2. The van der Waals surface area contributed by atoms with E-state index in [-0.39, 0.29) is 11.4 Å². The second-order valence-corrected chi connectivity index (χ2v) is 12.2. The molecule has 2 fully saturated rings. The number of benzene rings is 4. The zero-order valence-corrected chi connectivity index (χ0v) is 28.8. The molecule has 0 saturated carbocycles. The lowest BCUT2D eigenvalue weighted by molar-refractivity contribution is -0.385. The molecule has 0 spiro atoms. The second kappa shape index (κ2) is 19.3. The van der Waals surface area contributed by atoms with Crippen LogP contribution in [0.25, 0.3) is 0 Å². The highest BCUT2D eigenvalue weighted by molar-refractivity contribution is 6.32. The maximum atomic E-state index is 10.9. The number of hydrogen-bond acceptors (Lipinski definition) is 9. The molecule has 12 heteroatoms. The quantitative estimate of drug-likeness (QED) is 0.128. The molecule has 2 aliphatic rings. The second-order valence-electron chi connectivity index (χ2n) is 11.8. The van der Waals surface area contributed by atoms with Gasteiger partial charge in [0.1, 0.15) is 11.5 Å². The maximum Gasteiger partial charge on any atom is 0.273 e. The predicted octanol–water partition coefficient (Wildman–Crippen LogP) is 7.85. The van der Waals surface area contributed by atoms with Gasteiger partial charge in [0.2, 0.25) is 0 Å². The van der Waals surface area contributed by atoms with Crippen molar-refractivity contribution >= 4 is 28.7 Å². The lowest BCUT2D eigenvalue weighted by atomic mass is 10.1. The molecule has 6 rings (SSSR count). The minimum atomic E-state index is -0.501. The van der Waals surface area contributed by atoms with E-state index in [1.165, 1.54) is 80.9 Å². The molecule has 0 atom stereocenters. The number of nitro groups is 2. The highest BCUT2D eigenvalue weighted by Crippen LogP contribution is 2.33. The smallest absolute Gasteiger partial charge is 0.273 e. The fourth-order valence-corrected chi connectivity index (χ4v) is 5.95. The molecule has 2 saturated heterocycles. The molecule has 260 valence electrons. The highest BCUT2D eigenvalue weighted by atomic mass is 35.5. The Morgan fingerprint density at radius 1 is 0.612 bits per heavy atom. The number of piperazine rings is 1. The van der Waals surface area contributed by atoms with Crippen molar-refractivity contribution in [1.29, 1.82) is 0 Å². The Balaban J connectivity index is 0.000000182. The number of piperidine rings is 1. The zero-order valence-electron chi connectivity index (χ0n) is 28.1. The average molecular weight is 690 g/mol. The van der Waals surface area contributed by atoms with E-state index in [9.17, 15) is 20.2 Å². The first-order valence-corrected chi connectivity index (χ1v) is 16.7. The van der Waals surface area contributed by atoms with Gasteiger partial charge in [-0.1, -0.05) is 78.7 Å². The average Bonchev–Trinajstić information content (AvgIpc) is 3.13. The summed E-state index contributed by atoms with van der Waals surface area (Å²) < 4.78 is 10.2. The number of halogens is 1. The van der Waals surface area contributed by atoms with Gasteiger partial charge < -0.3 is 14.4 Å². The SMILES string of the molecule is COc1cc([N+](=O)[O-])ccc1Cl.COc1cc([N+](=O)[O-])ccc1N1CCN(Cc2ccccc2)CC1.c1ccc(CN2CCCCC2)cc1. The summed E-state index contributed by atoms with van der Waals surface area (Å²) >= 11 is 5.65. The molecule has 0 aromatic heterocycles. The molecule has 0 bridgehead atoms. The van der Waals surface area contributed by atoms with Crippen molar-refractivity contribution in [2.45, 2.75) is 32.4 Å². The standard InChI is InChI=1S/C18H21N3O3.C12H17N.C7H6ClNO3/c1-24-18-13-16(21(22)23)7-8-17(18)20-11-9-19(10-12-20)14-15-5-3-2-4-6-15;1-3-7-12(8-4-1)11-13-9-5-2-6-10-13;1-12-7-4-5(9(10)11)2-3-6(7)8/h2-8,13H,9-12,14H2,1H3;1,3-4,7-8H,2,5-6,9-11H2;2-4H,1H3. The first-order valence-electron chi connectivity index (χ1n) is 16.3. The van der Waals surface area contributed by atoms with E-state index in [1.54, 1.807) is 13.2 Å². The maximum absolute atomic E-state index is 10.9. The number of nitrogens with zero attached hydrogens (tertiary/aromatic N) is 5. The van der Waals surface area contributed by atoms with Crippen LogP contribution in [-0.2, 0) is 13.1 Å². The molecule has 0 amide bonds. The van der Waals surface area contributed by atoms with Gasteiger partial charge in [-0.3, -0.25) is 30.0 Å². The van der Waals surface area contributed by atoms with Crippen LogP contribution in [0, 0.1) is 20.2 Å². The van der Waals surface area contributed by atoms with Crippen molar-refractivity contribution < 1.29 is 19.3 Å². The van der Waals surface area contributed by atoms with Gasteiger partial charge in [0.05, 0.1) is 46.9 Å². The molecule has 2 aliphatic heterocycles. The van der Waals surface area contributed by atoms with Gasteiger partial charge in [0, 0.05) is 51.4 Å². The van der Waals surface area contributed by atoms with E-state index in [2.05, 4.69) is 69.3 Å². The summed E-state index contributed by atoms with van der Waals surface area (Å²) in [5, 5.41) is 21.6. The van der Waals surface area contributed by atoms with Crippen LogP contribution >= 0.6 is 11.6 Å². The first kappa shape index (κ1) is 37.1. The Kier molecular flexibility index (Phi) is 14.6. The molecule has 0 aliphatic carbocycles. The van der Waals surface area contributed by atoms with Crippen molar-refractivity contribution in [2.24, 2.45) is 0 Å². The summed E-state index contributed by atoms with van der Waals surface area (Å²) in [7, 11) is 2.96. The van der Waals surface area contributed by atoms with Crippen LogP contribution in [0.3, 0.4) is 0 Å². The van der Waals surface area contributed by atoms with Crippen LogP contribution < -0.4 is 14.4 Å². The van der Waals surface area contributed by atoms with E-state index in [0.29, 0.717) is 16.5 Å². The van der Waals surface area contributed by atoms with Crippen molar-refractivity contribution in [2.75, 3.05) is 58.4 Å². The van der Waals surface area contributed by atoms with Gasteiger partial charge in [-0.25, -0.2) is 0 Å². The predicted molar refractivity (Wildman–Crippen MR) is 194 cm³/mol. The summed E-state index contributed by atoms with van der Waals surface area (Å²) in [6.07, 6.45) is 4.19. The number of rotatable bonds is 9. The van der Waals surface area contributed by atoms with Crippen LogP contribution in [0.2, 0.25) is 5.02 Å². The Morgan fingerprint density at radius 3 is 1.57 bits per heavy atom. The van der Waals surface area contributed by atoms with E-state index in [0.717, 1.165) is 45.0 Å². The monoisotopic (exact) mass is 689 g/mol. The van der Waals surface area contributed by atoms with Crippen molar-refractivity contribution in [3.8, 4) is 11.5 Å². The number of likely N-dealkylation sites (tertiary alicyclic amines) is 1. The van der Waals surface area contributed by atoms with Crippen LogP contribution in [0.5, 0.6) is 11.5 Å². The molecular weight excluding hydrogens is 646 g/mol. The highest BCUT2D eigenvalue weighted by Gasteiger charge is 2.21. The molecule has 4 aromatic rings. The third-order valence-electron chi connectivity index (χ3n) is 8.38. The van der Waals surface area contributed by atoms with Crippen LogP contribution in [0.1, 0.15) is 30.4 Å². The largest absolute Gasteiger partial charge is 0.495 e. The Hall–Kier alpha value is -4.71. The van der Waals surface area contributed by atoms with E-state index in [4.69, 9.17) is 21.1 Å². The summed E-state index contributed by atoms with van der Waals surface area (Å²) in [6.45, 7) is 8.32. The van der Waals surface area contributed by atoms with Gasteiger partial charge >= 0.3 is 0 Å². The number of non-ortho nitro benzene ring substituents is 2. The summed E-state index contributed by atoms with van der Waals surface area (Å²) in [5.74, 6) is 0.867. The fraction of sp³-hybridized carbons (Fsp3) is 0.351. The first-order chi connectivity index (χ1) is 23.8. The van der Waals surface area contributed by atoms with Gasteiger partial charge in [0.15, 0.2) is 0 Å². The molecule has 0 N–H and O–H groups in total. The van der Waals surface area contributed by atoms with Crippen molar-refractivity contribution in [3.05, 3.63) is 133 Å². The van der Waals surface area contributed by atoms with E-state index in [1.807, 2.05) is 6.07 Å². The normalized spacial score (nSPS) is 14.8. The van der Waals surface area contributed by atoms with Gasteiger partial charge in [0.25, 0.3) is 11.4 Å². The summed E-state index contributed by atoms with van der Waals surface area (Å²) in [5.41, 5.74) is 3.71. The topological polar surface area (TPSA) is 114 Å². The van der Waals surface area contributed by atoms with Crippen LogP contribution in [0.4, 0.5) is 17.1 Å². The number of nitro benzene ring substituents is 2. The number of hydrogen-bond donors (Lipinski definition) is 0. The minimum absolute atomic E-state index is 0.0312. The molecule has 49 heavy (non-hydrogen) atoms. The lowest BCUT2D eigenvalue weighted by Crippen LogP contribution is -2.46. The summed E-state index contributed by atoms with van der Waals surface area (Å²) in [4.78, 5) is 27.5. The van der Waals surface area contributed by atoms with Gasteiger partial charge in [-0.05, 0) is 49.2 Å². The minimum Gasteiger partial charge on any atom is -0.495 e. The molecule has 11 nitrogen and oxygen atoms in total. The molecule has 2 heterocycles. The number of anilines is 1. The third kappa shape index (κ3) is 11.7. The number of ether oxygens (including phenoxy) is 2. The van der Waals surface area contributed by atoms with Crippen LogP contribution in [0.15, 0.2) is 97.1 Å². The summed E-state index contributed by atoms with van der Waals surface area (Å²) in [6, 6.07) is 30.1. The third-order valence-corrected chi connectivity index (χ3v) is 8.69. The van der Waals surface area contributed by atoms with E-state index >= 15 is 0 Å². The Labute approximate surface area is 292 Å².